The second kappa shape index (κ2) is 11.0. The topological polar surface area (TPSA) is 18.5 Å². The van der Waals surface area contributed by atoms with Crippen molar-refractivity contribution in [2.75, 3.05) is 13.3 Å². The van der Waals surface area contributed by atoms with Crippen LogP contribution < -0.4 is 9.47 Å². The second-order valence-electron chi connectivity index (χ2n) is 8.00. The molecule has 0 aliphatic heterocycles. The van der Waals surface area contributed by atoms with Gasteiger partial charge in [-0.1, -0.05) is 18.2 Å². The molecule has 2 aromatic carbocycles. The van der Waals surface area contributed by atoms with Gasteiger partial charge in [0.1, 0.15) is 5.56 Å². The molecule has 1 aliphatic carbocycles. The molecule has 1 saturated carbocycles. The molecule has 0 heterocycles. The van der Waals surface area contributed by atoms with Crippen LogP contribution in [0.5, 0.6) is 11.5 Å². The average molecular weight is 472 g/mol. The van der Waals surface area contributed by atoms with Crippen molar-refractivity contribution in [3.8, 4) is 11.5 Å². The number of ether oxygens (including phenoxy) is 2. The third-order valence-electron chi connectivity index (χ3n) is 5.78. The molecule has 3 rings (SSSR count). The summed E-state index contributed by atoms with van der Waals surface area (Å²) in [7, 11) is 0. The van der Waals surface area contributed by atoms with Gasteiger partial charge in [-0.25, -0.2) is 8.78 Å². The number of hydrogen-bond donors (Lipinski definition) is 0. The summed E-state index contributed by atoms with van der Waals surface area (Å²) in [6.07, 6.45) is 3.25. The van der Waals surface area contributed by atoms with Crippen molar-refractivity contribution < 1.29 is 35.8 Å². The minimum atomic E-state index is -4.30. The fraction of sp³-hybridized carbons (Fsp3) is 0.440. The number of rotatable bonds is 9. The maximum atomic E-state index is 14.6. The molecule has 0 saturated heterocycles. The molecule has 33 heavy (non-hydrogen) atoms. The van der Waals surface area contributed by atoms with Crippen molar-refractivity contribution in [2.24, 2.45) is 5.92 Å². The van der Waals surface area contributed by atoms with Gasteiger partial charge in [0.05, 0.1) is 13.3 Å². The highest BCUT2D eigenvalue weighted by Gasteiger charge is 2.40. The molecular weight excluding hydrogens is 446 g/mol. The normalized spacial score (nSPS) is 19.1. The lowest BCUT2D eigenvalue weighted by Gasteiger charge is -2.27. The van der Waals surface area contributed by atoms with E-state index in [4.69, 9.17) is 4.74 Å². The summed E-state index contributed by atoms with van der Waals surface area (Å²) in [6, 6.07) is 5.25. The molecule has 0 unspecified atom stereocenters. The molecule has 0 radical (unpaired) electrons. The average Bonchev–Trinajstić information content (AvgIpc) is 2.79. The van der Waals surface area contributed by atoms with E-state index in [9.17, 15) is 26.3 Å². The van der Waals surface area contributed by atoms with E-state index in [1.165, 1.54) is 13.0 Å². The summed E-state index contributed by atoms with van der Waals surface area (Å²) in [5, 5.41) is 0. The molecular formula is C25H26F6O2. The van der Waals surface area contributed by atoms with Gasteiger partial charge in [-0.05, 0) is 80.7 Å². The Kier molecular flexibility index (Phi) is 8.32. The first-order valence-corrected chi connectivity index (χ1v) is 11.0. The van der Waals surface area contributed by atoms with Gasteiger partial charge in [-0.15, -0.1) is 0 Å². The van der Waals surface area contributed by atoms with Gasteiger partial charge in [0.15, 0.2) is 23.1 Å². The Morgan fingerprint density at radius 2 is 1.67 bits per heavy atom. The van der Waals surface area contributed by atoms with E-state index in [1.807, 2.05) is 12.2 Å². The second-order valence-corrected chi connectivity index (χ2v) is 8.00. The van der Waals surface area contributed by atoms with Crippen molar-refractivity contribution in [3.05, 3.63) is 71.1 Å². The SMILES string of the molecule is CCOc1ccc(C(F)(F)Oc2ccc(C3CCC(/C=C/CCF)CC3)cc2F)c(F)c1F. The zero-order valence-electron chi connectivity index (χ0n) is 18.2. The third-order valence-corrected chi connectivity index (χ3v) is 5.78. The number of benzene rings is 2. The van der Waals surface area contributed by atoms with Crippen LogP contribution in [-0.4, -0.2) is 13.3 Å². The Balaban J connectivity index is 1.70. The summed E-state index contributed by atoms with van der Waals surface area (Å²) in [5.74, 6) is -5.24. The number of hydrogen-bond acceptors (Lipinski definition) is 2. The molecule has 0 spiro atoms. The predicted octanol–water partition coefficient (Wildman–Crippen LogP) is 7.82. The van der Waals surface area contributed by atoms with Crippen molar-refractivity contribution in [3.63, 3.8) is 0 Å². The van der Waals surface area contributed by atoms with E-state index >= 15 is 0 Å². The molecule has 0 amide bonds. The molecule has 0 bridgehead atoms. The van der Waals surface area contributed by atoms with E-state index in [2.05, 4.69) is 4.74 Å². The Morgan fingerprint density at radius 3 is 2.30 bits per heavy atom. The van der Waals surface area contributed by atoms with Crippen LogP contribution in [0.4, 0.5) is 26.3 Å². The van der Waals surface area contributed by atoms with Crippen LogP contribution in [0.2, 0.25) is 0 Å². The van der Waals surface area contributed by atoms with E-state index in [-0.39, 0.29) is 12.5 Å². The summed E-state index contributed by atoms with van der Waals surface area (Å²) >= 11 is 0. The van der Waals surface area contributed by atoms with Gasteiger partial charge >= 0.3 is 6.11 Å². The van der Waals surface area contributed by atoms with E-state index in [0.29, 0.717) is 24.0 Å². The largest absolute Gasteiger partial charge is 0.491 e. The van der Waals surface area contributed by atoms with Crippen LogP contribution >= 0.6 is 0 Å². The van der Waals surface area contributed by atoms with Crippen LogP contribution in [0.25, 0.3) is 0 Å². The summed E-state index contributed by atoms with van der Waals surface area (Å²) in [4.78, 5) is 0. The number of halogens is 6. The molecule has 0 N–H and O–H groups in total. The first kappa shape index (κ1) is 25.0. The number of alkyl halides is 3. The van der Waals surface area contributed by atoms with Gasteiger partial charge in [-0.3, -0.25) is 4.39 Å². The maximum absolute atomic E-state index is 14.6. The Bertz CT molecular complexity index is 968. The van der Waals surface area contributed by atoms with E-state index in [1.54, 1.807) is 0 Å². The van der Waals surface area contributed by atoms with Crippen molar-refractivity contribution in [1.82, 2.24) is 0 Å². The molecule has 0 atom stereocenters. The van der Waals surface area contributed by atoms with Crippen LogP contribution in [-0.2, 0) is 6.11 Å². The highest BCUT2D eigenvalue weighted by Crippen LogP contribution is 2.40. The third kappa shape index (κ3) is 6.03. The fourth-order valence-corrected chi connectivity index (χ4v) is 4.07. The van der Waals surface area contributed by atoms with Crippen molar-refractivity contribution >= 4 is 0 Å². The highest BCUT2D eigenvalue weighted by atomic mass is 19.3. The first-order valence-electron chi connectivity index (χ1n) is 11.0. The molecule has 0 aromatic heterocycles. The van der Waals surface area contributed by atoms with Crippen LogP contribution in [0.3, 0.4) is 0 Å². The molecule has 8 heteroatoms. The highest BCUT2D eigenvalue weighted by molar-refractivity contribution is 5.35. The summed E-state index contributed by atoms with van der Waals surface area (Å²) < 4.78 is 93.4. The van der Waals surface area contributed by atoms with Gasteiger partial charge in [0.2, 0.25) is 5.82 Å². The quantitative estimate of drug-likeness (QED) is 0.274. The number of allylic oxidation sites excluding steroid dienone is 2. The van der Waals surface area contributed by atoms with Gasteiger partial charge < -0.3 is 9.47 Å². The summed E-state index contributed by atoms with van der Waals surface area (Å²) in [5.41, 5.74) is -0.696. The Morgan fingerprint density at radius 1 is 0.970 bits per heavy atom. The lowest BCUT2D eigenvalue weighted by molar-refractivity contribution is -0.189. The smallest absolute Gasteiger partial charge is 0.429 e. The van der Waals surface area contributed by atoms with Crippen LogP contribution in [0.15, 0.2) is 42.5 Å². The van der Waals surface area contributed by atoms with Crippen molar-refractivity contribution in [2.45, 2.75) is 51.1 Å². The van der Waals surface area contributed by atoms with E-state index in [0.717, 1.165) is 43.9 Å². The zero-order valence-corrected chi connectivity index (χ0v) is 18.2. The van der Waals surface area contributed by atoms with Crippen LogP contribution in [0.1, 0.15) is 56.1 Å². The monoisotopic (exact) mass is 472 g/mol. The maximum Gasteiger partial charge on any atom is 0.429 e. The zero-order chi connectivity index (χ0) is 24.0. The molecule has 180 valence electrons. The van der Waals surface area contributed by atoms with Gasteiger partial charge in [0.25, 0.3) is 0 Å². The molecule has 2 nitrogen and oxygen atoms in total. The molecule has 2 aromatic rings. The first-order chi connectivity index (χ1) is 15.8. The summed E-state index contributed by atoms with van der Waals surface area (Å²) in [6.45, 7) is 1.17. The molecule has 1 fully saturated rings. The van der Waals surface area contributed by atoms with E-state index < -0.39 is 47.3 Å². The lowest BCUT2D eigenvalue weighted by atomic mass is 9.78. The van der Waals surface area contributed by atoms with Gasteiger partial charge in [-0.2, -0.15) is 13.2 Å². The standard InChI is InChI=1S/C25H26F6O2/c1-2-32-22-13-11-19(23(28)24(22)29)25(30,31)33-21-12-10-18(15-20(21)27)17-8-6-16(7-9-17)5-3-4-14-26/h3,5,10-13,15-17H,2,4,6-9,14H2,1H3/b5-3+. The minimum absolute atomic E-state index is 0.0254. The van der Waals surface area contributed by atoms with Crippen LogP contribution in [0, 0.1) is 23.4 Å². The predicted molar refractivity (Wildman–Crippen MR) is 113 cm³/mol. The minimum Gasteiger partial charge on any atom is -0.491 e. The molecule has 1 aliphatic rings. The fourth-order valence-electron chi connectivity index (χ4n) is 4.07. The van der Waals surface area contributed by atoms with Crippen molar-refractivity contribution in [1.29, 1.82) is 0 Å². The van der Waals surface area contributed by atoms with Gasteiger partial charge in [0, 0.05) is 0 Å². The Labute approximate surface area is 189 Å². The lowest BCUT2D eigenvalue weighted by Crippen LogP contribution is -2.24. The Hall–Kier alpha value is -2.64.